The summed E-state index contributed by atoms with van der Waals surface area (Å²) >= 11 is 1.72. The van der Waals surface area contributed by atoms with Gasteiger partial charge in [0.2, 0.25) is 0 Å². The Morgan fingerprint density at radius 3 is 2.55 bits per heavy atom. The molecule has 0 aromatic carbocycles. The highest BCUT2D eigenvalue weighted by atomic mass is 32.2. The molecule has 3 aromatic rings. The number of rotatable bonds is 5. The van der Waals surface area contributed by atoms with E-state index in [1.54, 1.807) is 24.2 Å². The van der Waals surface area contributed by atoms with Gasteiger partial charge in [0.05, 0.1) is 17.1 Å². The highest BCUT2D eigenvalue weighted by Crippen LogP contribution is 2.29. The molecule has 3 heterocycles. The first-order valence-electron chi connectivity index (χ1n) is 7.04. The van der Waals surface area contributed by atoms with Gasteiger partial charge in [-0.05, 0) is 36.4 Å². The lowest BCUT2D eigenvalue weighted by atomic mass is 10.1. The van der Waals surface area contributed by atoms with Crippen LogP contribution in [0.3, 0.4) is 0 Å². The zero-order chi connectivity index (χ0) is 15.2. The normalized spacial score (nSPS) is 10.6. The van der Waals surface area contributed by atoms with E-state index in [4.69, 9.17) is 5.73 Å². The standard InChI is InChI=1S/C17H16N4S/c18-7-11-22-13-6-10-20-16(12-13)17-14(4-3-9-21-17)15-5-1-2-8-19-15/h1-6,8-10,12H,7,11,18H2. The molecule has 0 saturated heterocycles. The first-order chi connectivity index (χ1) is 10.9. The fourth-order valence-corrected chi connectivity index (χ4v) is 2.85. The van der Waals surface area contributed by atoms with Gasteiger partial charge in [-0.1, -0.05) is 6.07 Å². The number of hydrogen-bond donors (Lipinski definition) is 1. The molecule has 0 unspecified atom stereocenters. The van der Waals surface area contributed by atoms with Crippen LogP contribution in [0.15, 0.2) is 66.0 Å². The summed E-state index contributed by atoms with van der Waals surface area (Å²) < 4.78 is 0. The quantitative estimate of drug-likeness (QED) is 0.733. The van der Waals surface area contributed by atoms with Crippen molar-refractivity contribution in [3.63, 3.8) is 0 Å². The Hall–Kier alpha value is -2.24. The monoisotopic (exact) mass is 308 g/mol. The molecule has 0 aliphatic rings. The second-order valence-corrected chi connectivity index (χ2v) is 5.80. The molecule has 22 heavy (non-hydrogen) atoms. The van der Waals surface area contributed by atoms with Crippen LogP contribution in [0.4, 0.5) is 0 Å². The van der Waals surface area contributed by atoms with Gasteiger partial charge >= 0.3 is 0 Å². The minimum absolute atomic E-state index is 0.658. The smallest absolute Gasteiger partial charge is 0.0980 e. The second-order valence-electron chi connectivity index (χ2n) is 4.63. The van der Waals surface area contributed by atoms with Crippen LogP contribution in [0, 0.1) is 0 Å². The molecule has 4 nitrogen and oxygen atoms in total. The van der Waals surface area contributed by atoms with E-state index in [2.05, 4.69) is 21.0 Å². The van der Waals surface area contributed by atoms with Gasteiger partial charge in [0.1, 0.15) is 0 Å². The Bertz CT molecular complexity index is 746. The number of pyridine rings is 3. The molecule has 2 N–H and O–H groups in total. The molecule has 0 atom stereocenters. The number of hydrogen-bond acceptors (Lipinski definition) is 5. The predicted octanol–water partition coefficient (Wildman–Crippen LogP) is 3.26. The Labute approximate surface area is 133 Å². The van der Waals surface area contributed by atoms with Crippen LogP contribution in [0.1, 0.15) is 0 Å². The number of nitrogens with two attached hydrogens (primary N) is 1. The third-order valence-electron chi connectivity index (χ3n) is 3.11. The van der Waals surface area contributed by atoms with E-state index < -0.39 is 0 Å². The predicted molar refractivity (Wildman–Crippen MR) is 90.5 cm³/mol. The van der Waals surface area contributed by atoms with Crippen LogP contribution in [0.25, 0.3) is 22.6 Å². The lowest BCUT2D eigenvalue weighted by Crippen LogP contribution is -2.01. The Morgan fingerprint density at radius 1 is 0.864 bits per heavy atom. The highest BCUT2D eigenvalue weighted by Gasteiger charge is 2.11. The highest BCUT2D eigenvalue weighted by molar-refractivity contribution is 7.99. The maximum atomic E-state index is 5.57. The van der Waals surface area contributed by atoms with Crippen molar-refractivity contribution in [1.82, 2.24) is 15.0 Å². The van der Waals surface area contributed by atoms with Gasteiger partial charge in [0.15, 0.2) is 0 Å². The van der Waals surface area contributed by atoms with Crippen LogP contribution < -0.4 is 5.73 Å². The van der Waals surface area contributed by atoms with E-state index in [0.29, 0.717) is 6.54 Å². The summed E-state index contributed by atoms with van der Waals surface area (Å²) in [6, 6.07) is 13.8. The van der Waals surface area contributed by atoms with Gasteiger partial charge in [-0.15, -0.1) is 11.8 Å². The molecule has 0 bridgehead atoms. The Kier molecular flexibility index (Phi) is 4.78. The lowest BCUT2D eigenvalue weighted by molar-refractivity contribution is 1.14. The largest absolute Gasteiger partial charge is 0.330 e. The molecule has 0 amide bonds. The minimum Gasteiger partial charge on any atom is -0.330 e. The molecule has 0 fully saturated rings. The fraction of sp³-hybridized carbons (Fsp3) is 0.118. The molecule has 0 aliphatic heterocycles. The molecule has 0 spiro atoms. The van der Waals surface area contributed by atoms with E-state index in [1.165, 1.54) is 0 Å². The fourth-order valence-electron chi connectivity index (χ4n) is 2.15. The van der Waals surface area contributed by atoms with Crippen molar-refractivity contribution in [2.24, 2.45) is 5.73 Å². The average molecular weight is 308 g/mol. The van der Waals surface area contributed by atoms with Crippen molar-refractivity contribution in [3.8, 4) is 22.6 Å². The molecule has 3 aromatic heterocycles. The van der Waals surface area contributed by atoms with Crippen LogP contribution >= 0.6 is 11.8 Å². The molecule has 0 aliphatic carbocycles. The van der Waals surface area contributed by atoms with Crippen molar-refractivity contribution in [2.75, 3.05) is 12.3 Å². The lowest BCUT2D eigenvalue weighted by Gasteiger charge is -2.08. The number of thioether (sulfide) groups is 1. The summed E-state index contributed by atoms with van der Waals surface area (Å²) in [5.74, 6) is 0.888. The van der Waals surface area contributed by atoms with Crippen molar-refractivity contribution >= 4 is 11.8 Å². The van der Waals surface area contributed by atoms with Crippen LogP contribution in [-0.4, -0.2) is 27.2 Å². The Balaban J connectivity index is 2.02. The van der Waals surface area contributed by atoms with Gasteiger partial charge < -0.3 is 5.73 Å². The Morgan fingerprint density at radius 2 is 1.73 bits per heavy atom. The van der Waals surface area contributed by atoms with Gasteiger partial charge in [-0.25, -0.2) is 0 Å². The minimum atomic E-state index is 0.658. The van der Waals surface area contributed by atoms with E-state index in [0.717, 1.165) is 33.3 Å². The third-order valence-corrected chi connectivity index (χ3v) is 4.14. The molecule has 0 saturated carbocycles. The third kappa shape index (κ3) is 3.32. The molecular weight excluding hydrogens is 292 g/mol. The summed E-state index contributed by atoms with van der Waals surface area (Å²) in [5, 5.41) is 0. The van der Waals surface area contributed by atoms with Crippen LogP contribution in [0.2, 0.25) is 0 Å². The van der Waals surface area contributed by atoms with Crippen molar-refractivity contribution in [2.45, 2.75) is 4.90 Å². The molecular formula is C17H16N4S. The van der Waals surface area contributed by atoms with Gasteiger partial charge in [-0.3, -0.25) is 15.0 Å². The molecule has 110 valence electrons. The maximum Gasteiger partial charge on any atom is 0.0980 e. The van der Waals surface area contributed by atoms with Gasteiger partial charge in [0, 0.05) is 41.3 Å². The van der Waals surface area contributed by atoms with Crippen LogP contribution in [0.5, 0.6) is 0 Å². The topological polar surface area (TPSA) is 64.7 Å². The zero-order valence-electron chi connectivity index (χ0n) is 12.0. The van der Waals surface area contributed by atoms with Crippen molar-refractivity contribution < 1.29 is 0 Å². The van der Waals surface area contributed by atoms with Crippen molar-refractivity contribution in [3.05, 3.63) is 61.1 Å². The summed E-state index contributed by atoms with van der Waals surface area (Å²) in [5.41, 5.74) is 9.14. The second kappa shape index (κ2) is 7.15. The van der Waals surface area contributed by atoms with E-state index in [9.17, 15) is 0 Å². The molecule has 0 radical (unpaired) electrons. The molecule has 5 heteroatoms. The van der Waals surface area contributed by atoms with E-state index in [1.807, 2.05) is 42.6 Å². The molecule has 3 rings (SSSR count). The van der Waals surface area contributed by atoms with E-state index in [-0.39, 0.29) is 0 Å². The first-order valence-corrected chi connectivity index (χ1v) is 8.03. The van der Waals surface area contributed by atoms with Gasteiger partial charge in [0.25, 0.3) is 0 Å². The summed E-state index contributed by atoms with van der Waals surface area (Å²) in [6.07, 6.45) is 5.38. The average Bonchev–Trinajstić information content (AvgIpc) is 2.61. The van der Waals surface area contributed by atoms with Gasteiger partial charge in [-0.2, -0.15) is 0 Å². The zero-order valence-corrected chi connectivity index (χ0v) is 12.8. The summed E-state index contributed by atoms with van der Waals surface area (Å²) in [7, 11) is 0. The summed E-state index contributed by atoms with van der Waals surface area (Å²) in [6.45, 7) is 0.658. The van der Waals surface area contributed by atoms with Crippen molar-refractivity contribution in [1.29, 1.82) is 0 Å². The first kappa shape index (κ1) is 14.7. The number of nitrogens with zero attached hydrogens (tertiary/aromatic N) is 3. The van der Waals surface area contributed by atoms with E-state index >= 15 is 0 Å². The maximum absolute atomic E-state index is 5.57. The SMILES string of the molecule is NCCSc1ccnc(-c2ncccc2-c2ccccn2)c1. The number of aromatic nitrogens is 3. The summed E-state index contributed by atoms with van der Waals surface area (Å²) in [4.78, 5) is 14.5. The van der Waals surface area contributed by atoms with Crippen LogP contribution in [-0.2, 0) is 0 Å².